The minimum atomic E-state index is -2.81. The lowest BCUT2D eigenvalue weighted by Gasteiger charge is -2.20. The molecule has 1 unspecified atom stereocenters. The number of benzene rings is 3. The summed E-state index contributed by atoms with van der Waals surface area (Å²) < 4.78 is 25.7. The first-order chi connectivity index (χ1) is 22.3. The fourth-order valence-electron chi connectivity index (χ4n) is 4.18. The van der Waals surface area contributed by atoms with Crippen molar-refractivity contribution >= 4 is 66.5 Å². The average molecular weight is 677 g/mol. The molecular formula is C32H28ClN5O6PS+. The molecule has 46 heavy (non-hydrogen) atoms. The lowest BCUT2D eigenvalue weighted by Crippen LogP contribution is -2.41. The molecule has 0 bridgehead atoms. The monoisotopic (exact) mass is 676 g/mol. The quantitative estimate of drug-likeness (QED) is 0.0834. The van der Waals surface area contributed by atoms with Crippen LogP contribution in [0.25, 0.3) is 23.1 Å². The second kappa shape index (κ2) is 15.1. The van der Waals surface area contributed by atoms with Gasteiger partial charge in [-0.15, -0.1) is 5.10 Å². The largest absolute Gasteiger partial charge is 0.690 e. The summed E-state index contributed by atoms with van der Waals surface area (Å²) in [4.78, 5) is 36.5. The van der Waals surface area contributed by atoms with Crippen molar-refractivity contribution in [2.75, 3.05) is 14.2 Å². The van der Waals surface area contributed by atoms with Gasteiger partial charge in [0, 0.05) is 47.9 Å². The first-order valence-electron chi connectivity index (χ1n) is 13.8. The van der Waals surface area contributed by atoms with Crippen molar-refractivity contribution in [2.24, 2.45) is 0 Å². The van der Waals surface area contributed by atoms with E-state index in [2.05, 4.69) is 15.4 Å². The van der Waals surface area contributed by atoms with Gasteiger partial charge in [0.15, 0.2) is 11.8 Å². The second-order valence-corrected chi connectivity index (χ2v) is 12.1. The van der Waals surface area contributed by atoms with E-state index in [1.54, 1.807) is 67.9 Å². The summed E-state index contributed by atoms with van der Waals surface area (Å²) in [6.07, 6.45) is 5.23. The number of carbonyl (C=O) groups excluding carboxylic acids is 2. The van der Waals surface area contributed by atoms with Crippen molar-refractivity contribution < 1.29 is 28.4 Å². The van der Waals surface area contributed by atoms with Crippen LogP contribution in [0, 0.1) is 0 Å². The molecule has 2 aromatic heterocycles. The Morgan fingerprint density at radius 1 is 1.04 bits per heavy atom. The molecule has 1 amide bonds. The zero-order chi connectivity index (χ0) is 32.6. The Kier molecular flexibility index (Phi) is 10.8. The first kappa shape index (κ1) is 32.8. The number of rotatable bonds is 12. The van der Waals surface area contributed by atoms with Crippen LogP contribution in [0.2, 0.25) is 5.02 Å². The molecule has 1 N–H and O–H groups in total. The lowest BCUT2D eigenvalue weighted by molar-refractivity contribution is -0.276. The predicted molar refractivity (Wildman–Crippen MR) is 176 cm³/mol. The number of carbonyl (C=O) groups is 2. The Morgan fingerprint density at radius 3 is 2.52 bits per heavy atom. The van der Waals surface area contributed by atoms with Gasteiger partial charge in [0.2, 0.25) is 0 Å². The summed E-state index contributed by atoms with van der Waals surface area (Å²) in [5.41, 5.74) is 2.20. The normalized spacial score (nSPS) is 12.3. The number of fused-ring (bicyclic) bond motifs is 1. The Balaban J connectivity index is 1.54. The third-order valence-electron chi connectivity index (χ3n) is 6.52. The molecule has 14 heteroatoms. The first-order valence-corrected chi connectivity index (χ1v) is 16.2. The molecule has 2 atom stereocenters. The molecule has 5 rings (SSSR count). The van der Waals surface area contributed by atoms with E-state index in [1.807, 2.05) is 42.5 Å². The highest BCUT2D eigenvalue weighted by molar-refractivity contribution is 7.99. The highest BCUT2D eigenvalue weighted by Crippen LogP contribution is 2.38. The number of esters is 1. The molecular weight excluding hydrogens is 649 g/mol. The zero-order valence-electron chi connectivity index (χ0n) is 24.9. The van der Waals surface area contributed by atoms with Gasteiger partial charge in [-0.25, -0.2) is 0 Å². The summed E-state index contributed by atoms with van der Waals surface area (Å²) >= 11 is 7.37. The molecule has 0 fully saturated rings. The fraction of sp³-hybridized carbons (Fsp3) is 0.125. The standard InChI is InChI=1S/C32H27ClN5O6PS/c1-21(32(40)42-3)38(43-24-14-11-22(33)12-15-24)44-45(41)37-29-20-25(46-30-10-5-4-9-27(30)31(39)34-2)16-17-26(29)28(36-37)18-13-23-8-6-7-19-35-23/h4-21H,1-3H3/p+1/b18-13+/t21-/m0/s1. The van der Waals surface area contributed by atoms with Crippen molar-refractivity contribution in [3.8, 4) is 5.75 Å². The van der Waals surface area contributed by atoms with Gasteiger partial charge in [0.05, 0.1) is 24.1 Å². The van der Waals surface area contributed by atoms with E-state index in [0.29, 0.717) is 32.9 Å². The number of amides is 1. The van der Waals surface area contributed by atoms with Crippen LogP contribution in [0.3, 0.4) is 0 Å². The van der Waals surface area contributed by atoms with Crippen molar-refractivity contribution in [1.29, 1.82) is 0 Å². The van der Waals surface area contributed by atoms with Crippen LogP contribution < -0.4 is 10.2 Å². The molecule has 0 spiro atoms. The van der Waals surface area contributed by atoms with Gasteiger partial charge >= 0.3 is 14.1 Å². The van der Waals surface area contributed by atoms with E-state index in [-0.39, 0.29) is 11.7 Å². The zero-order valence-corrected chi connectivity index (χ0v) is 27.3. The van der Waals surface area contributed by atoms with Crippen molar-refractivity contribution in [2.45, 2.75) is 22.8 Å². The van der Waals surface area contributed by atoms with E-state index in [1.165, 1.54) is 30.2 Å². The van der Waals surface area contributed by atoms with Crippen LogP contribution in [0.15, 0.2) is 101 Å². The van der Waals surface area contributed by atoms with Gasteiger partial charge < -0.3 is 14.9 Å². The number of hydrogen-bond acceptors (Lipinski definition) is 10. The molecule has 0 aliphatic rings. The lowest BCUT2D eigenvalue weighted by atomic mass is 10.2. The van der Waals surface area contributed by atoms with E-state index in [4.69, 9.17) is 25.8 Å². The topological polar surface area (TPSA) is 125 Å². The number of aromatic nitrogens is 3. The third-order valence-corrected chi connectivity index (χ3v) is 8.75. The summed E-state index contributed by atoms with van der Waals surface area (Å²) in [7, 11) is -0.0151. The molecule has 5 aromatic rings. The van der Waals surface area contributed by atoms with Crippen LogP contribution in [0.4, 0.5) is 0 Å². The Bertz CT molecular complexity index is 1900. The van der Waals surface area contributed by atoms with Gasteiger partial charge in [-0.1, -0.05) is 41.6 Å². The number of nitrogens with one attached hydrogen (secondary N) is 1. The smallest absolute Gasteiger partial charge is 0.468 e. The van der Waals surface area contributed by atoms with Crippen LogP contribution in [0.5, 0.6) is 5.75 Å². The number of ether oxygens (including phenoxy) is 1. The van der Waals surface area contributed by atoms with Gasteiger partial charge in [0.1, 0.15) is 5.52 Å². The van der Waals surface area contributed by atoms with E-state index in [9.17, 15) is 14.2 Å². The third kappa shape index (κ3) is 7.79. The molecule has 11 nitrogen and oxygen atoms in total. The Hall–Kier alpha value is -4.58. The highest BCUT2D eigenvalue weighted by Gasteiger charge is 2.38. The SMILES string of the molecule is CNC(=O)c1ccccc1Sc1ccc2c(/C=C/c3ccccn3)nn([P+](=O)ON(Oc3ccc(Cl)cc3)[C@@H](C)C(=O)OC)c2c1. The average Bonchev–Trinajstić information content (AvgIpc) is 3.45. The maximum absolute atomic E-state index is 13.9. The predicted octanol–water partition coefficient (Wildman–Crippen LogP) is 7.06. The molecule has 234 valence electrons. The number of pyridine rings is 1. The van der Waals surface area contributed by atoms with Crippen molar-refractivity contribution in [3.63, 3.8) is 0 Å². The number of hydrogen-bond donors (Lipinski definition) is 1. The van der Waals surface area contributed by atoms with Crippen molar-refractivity contribution in [1.82, 2.24) is 25.1 Å². The van der Waals surface area contributed by atoms with Gasteiger partial charge in [-0.2, -0.15) is 0 Å². The molecule has 0 saturated heterocycles. The molecule has 3 aromatic carbocycles. The molecule has 0 saturated carbocycles. The molecule has 0 aliphatic carbocycles. The fourth-order valence-corrected chi connectivity index (χ4v) is 6.18. The van der Waals surface area contributed by atoms with Gasteiger partial charge in [-0.05, 0) is 90.3 Å². The highest BCUT2D eigenvalue weighted by atomic mass is 35.5. The van der Waals surface area contributed by atoms with E-state index >= 15 is 0 Å². The maximum Gasteiger partial charge on any atom is 0.690 e. The minimum Gasteiger partial charge on any atom is -0.468 e. The van der Waals surface area contributed by atoms with Crippen molar-refractivity contribution in [3.05, 3.63) is 113 Å². The van der Waals surface area contributed by atoms with Crippen LogP contribution >= 0.6 is 31.5 Å². The van der Waals surface area contributed by atoms with Crippen LogP contribution in [-0.2, 0) is 18.7 Å². The number of hydroxylamine groups is 2. The summed E-state index contributed by atoms with van der Waals surface area (Å²) in [5.74, 6) is -0.621. The number of methoxy groups -OCH3 is 1. The summed E-state index contributed by atoms with van der Waals surface area (Å²) in [5, 5.41) is 9.24. The number of halogens is 1. The summed E-state index contributed by atoms with van der Waals surface area (Å²) in [6.45, 7) is 1.48. The van der Waals surface area contributed by atoms with Gasteiger partial charge in [-0.3, -0.25) is 14.6 Å². The molecule has 0 radical (unpaired) electrons. The Labute approximate surface area is 274 Å². The number of nitrogens with zero attached hydrogens (tertiary/aromatic N) is 4. The van der Waals surface area contributed by atoms with Crippen LogP contribution in [-0.4, -0.2) is 51.8 Å². The maximum atomic E-state index is 13.9. The molecule has 0 aliphatic heterocycles. The van der Waals surface area contributed by atoms with Crippen LogP contribution in [0.1, 0.15) is 28.7 Å². The minimum absolute atomic E-state index is 0.215. The second-order valence-electron chi connectivity index (χ2n) is 9.57. The summed E-state index contributed by atoms with van der Waals surface area (Å²) in [6, 6.07) is 23.5. The molecule has 2 heterocycles. The van der Waals surface area contributed by atoms with E-state index in [0.717, 1.165) is 15.0 Å². The Morgan fingerprint density at radius 2 is 1.80 bits per heavy atom. The van der Waals surface area contributed by atoms with E-state index < -0.39 is 20.2 Å². The van der Waals surface area contributed by atoms with Gasteiger partial charge in [0.25, 0.3) is 5.91 Å².